The molecule has 3 nitrogen and oxygen atoms in total. The van der Waals surface area contributed by atoms with Crippen LogP contribution in [0.3, 0.4) is 0 Å². The van der Waals surface area contributed by atoms with Crippen molar-refractivity contribution in [2.45, 2.75) is 103 Å². The molecule has 0 aromatic rings. The zero-order valence-electron chi connectivity index (χ0n) is 16.2. The van der Waals surface area contributed by atoms with Gasteiger partial charge in [-0.2, -0.15) is 0 Å². The van der Waals surface area contributed by atoms with E-state index in [4.69, 9.17) is 21.4 Å². The Morgan fingerprint density at radius 1 is 0.920 bits per heavy atom. The number of unbranched alkanes of at least 4 members (excludes halogenated alkanes) is 11. The van der Waals surface area contributed by atoms with E-state index in [1.807, 2.05) is 0 Å². The lowest BCUT2D eigenvalue weighted by atomic mass is 10.1. The summed E-state index contributed by atoms with van der Waals surface area (Å²) in [6.45, 7) is 2.05. The number of aliphatic hydroxyl groups excluding tert-OH is 1. The van der Waals surface area contributed by atoms with Crippen LogP contribution >= 0.6 is 11.6 Å². The monoisotopic (exact) mass is 374 g/mol. The fraction of sp³-hybridized carbons (Fsp3) is 0.857. The van der Waals surface area contributed by atoms with Crippen molar-refractivity contribution in [1.29, 1.82) is 0 Å². The van der Waals surface area contributed by atoms with Crippen LogP contribution in [0.4, 0.5) is 0 Å². The van der Waals surface area contributed by atoms with Crippen molar-refractivity contribution in [3.63, 3.8) is 0 Å². The van der Waals surface area contributed by atoms with Crippen LogP contribution in [0.15, 0.2) is 12.2 Å². The Balaban J connectivity index is 3.28. The summed E-state index contributed by atoms with van der Waals surface area (Å²) in [6.07, 6.45) is 20.6. The highest BCUT2D eigenvalue weighted by atomic mass is 35.5. The van der Waals surface area contributed by atoms with Gasteiger partial charge >= 0.3 is 5.97 Å². The summed E-state index contributed by atoms with van der Waals surface area (Å²) in [5, 5.41) is 8.91. The molecule has 0 rings (SSSR count). The van der Waals surface area contributed by atoms with Gasteiger partial charge in [0.15, 0.2) is 0 Å². The predicted octanol–water partition coefficient (Wildman–Crippen LogP) is 6.17. The van der Waals surface area contributed by atoms with Crippen LogP contribution in [0, 0.1) is 0 Å². The number of ether oxygens (including phenoxy) is 1. The average Bonchev–Trinajstić information content (AvgIpc) is 2.62. The third-order valence-electron chi connectivity index (χ3n) is 4.32. The molecule has 0 saturated carbocycles. The summed E-state index contributed by atoms with van der Waals surface area (Å²) in [5.74, 6) is -0.105. The molecule has 1 atom stereocenters. The quantitative estimate of drug-likeness (QED) is 0.135. The Morgan fingerprint density at radius 2 is 1.44 bits per heavy atom. The highest BCUT2D eigenvalue weighted by Crippen LogP contribution is 2.10. The molecule has 148 valence electrons. The molecule has 0 bridgehead atoms. The first-order valence-corrected chi connectivity index (χ1v) is 10.8. The molecule has 0 heterocycles. The van der Waals surface area contributed by atoms with Crippen LogP contribution in [-0.4, -0.2) is 29.7 Å². The molecule has 0 aliphatic rings. The lowest BCUT2D eigenvalue weighted by Gasteiger charge is -2.12. The summed E-state index contributed by atoms with van der Waals surface area (Å²) in [5.41, 5.74) is 0. The number of esters is 1. The summed E-state index contributed by atoms with van der Waals surface area (Å²) in [4.78, 5) is 11.5. The maximum Gasteiger partial charge on any atom is 0.306 e. The second-order valence-corrected chi connectivity index (χ2v) is 7.09. The largest absolute Gasteiger partial charge is 0.459 e. The first-order chi connectivity index (χ1) is 12.2. The predicted molar refractivity (Wildman–Crippen MR) is 107 cm³/mol. The number of carbonyl (C=O) groups is 1. The van der Waals surface area contributed by atoms with Crippen molar-refractivity contribution in [2.24, 2.45) is 0 Å². The standard InChI is InChI=1S/C21H39ClO3/c1-2-3-4-5-6-7-8-9-10-11-12-13-14-15-16-17-21(24)25-20(18-22)19-23/h9-10,20,23H,2-8,11-19H2,1H3/b10-9-/t20-/m1/s1. The molecular formula is C21H39ClO3. The lowest BCUT2D eigenvalue weighted by Crippen LogP contribution is -2.23. The van der Waals surface area contributed by atoms with Crippen LogP contribution in [0.5, 0.6) is 0 Å². The Labute approximate surface area is 160 Å². The Bertz CT molecular complexity index is 314. The first kappa shape index (κ1) is 24.5. The number of alkyl halides is 1. The zero-order valence-corrected chi connectivity index (χ0v) is 16.9. The third kappa shape index (κ3) is 18.1. The summed E-state index contributed by atoms with van der Waals surface area (Å²) in [7, 11) is 0. The zero-order chi connectivity index (χ0) is 18.6. The smallest absolute Gasteiger partial charge is 0.306 e. The summed E-state index contributed by atoms with van der Waals surface area (Å²) >= 11 is 5.57. The molecule has 0 spiro atoms. The van der Waals surface area contributed by atoms with Crippen molar-refractivity contribution in [3.05, 3.63) is 12.2 Å². The van der Waals surface area contributed by atoms with Gasteiger partial charge in [0.2, 0.25) is 0 Å². The van der Waals surface area contributed by atoms with Crippen LogP contribution in [-0.2, 0) is 9.53 Å². The Kier molecular flexibility index (Phi) is 19.4. The molecule has 4 heteroatoms. The number of allylic oxidation sites excluding steroid dienone is 2. The van der Waals surface area contributed by atoms with E-state index in [9.17, 15) is 4.79 Å². The molecule has 0 amide bonds. The van der Waals surface area contributed by atoms with Gasteiger partial charge in [-0.1, -0.05) is 70.4 Å². The minimum atomic E-state index is -0.558. The Morgan fingerprint density at radius 3 is 1.96 bits per heavy atom. The van der Waals surface area contributed by atoms with Gasteiger partial charge in [0, 0.05) is 6.42 Å². The van der Waals surface area contributed by atoms with Crippen molar-refractivity contribution in [2.75, 3.05) is 12.5 Å². The van der Waals surface area contributed by atoms with Gasteiger partial charge in [0.1, 0.15) is 6.10 Å². The molecule has 0 aliphatic carbocycles. The minimum absolute atomic E-state index is 0.147. The molecule has 1 N–H and O–H groups in total. The molecule has 0 unspecified atom stereocenters. The number of hydrogen-bond donors (Lipinski definition) is 1. The third-order valence-corrected chi connectivity index (χ3v) is 4.66. The maximum absolute atomic E-state index is 11.5. The van der Waals surface area contributed by atoms with Gasteiger partial charge in [-0.25, -0.2) is 0 Å². The first-order valence-electron chi connectivity index (χ1n) is 10.3. The van der Waals surface area contributed by atoms with Gasteiger partial charge in [0.05, 0.1) is 12.5 Å². The highest BCUT2D eigenvalue weighted by Gasteiger charge is 2.11. The number of rotatable bonds is 18. The molecule has 0 aromatic carbocycles. The van der Waals surface area contributed by atoms with Gasteiger partial charge in [-0.3, -0.25) is 4.79 Å². The second-order valence-electron chi connectivity index (χ2n) is 6.78. The van der Waals surface area contributed by atoms with Gasteiger partial charge in [0.25, 0.3) is 0 Å². The normalized spacial score (nSPS) is 12.6. The fourth-order valence-electron chi connectivity index (χ4n) is 2.70. The van der Waals surface area contributed by atoms with Crippen LogP contribution in [0.1, 0.15) is 96.8 Å². The van der Waals surface area contributed by atoms with E-state index in [0.29, 0.717) is 6.42 Å². The number of carbonyl (C=O) groups excluding carboxylic acids is 1. The SMILES string of the molecule is CCCCCCCC/C=C\CCCCCCCC(=O)O[C@@H](CO)CCl. The lowest BCUT2D eigenvalue weighted by molar-refractivity contribution is -0.149. The second kappa shape index (κ2) is 19.8. The number of halogens is 1. The van der Waals surface area contributed by atoms with Crippen LogP contribution in [0.2, 0.25) is 0 Å². The fourth-order valence-corrected chi connectivity index (χ4v) is 2.86. The van der Waals surface area contributed by atoms with Crippen molar-refractivity contribution < 1.29 is 14.6 Å². The molecule has 0 radical (unpaired) electrons. The van der Waals surface area contributed by atoms with Gasteiger partial charge < -0.3 is 9.84 Å². The topological polar surface area (TPSA) is 46.5 Å². The molecule has 0 saturated heterocycles. The van der Waals surface area contributed by atoms with E-state index in [1.165, 1.54) is 64.2 Å². The number of aliphatic hydroxyl groups is 1. The minimum Gasteiger partial charge on any atom is -0.459 e. The van der Waals surface area contributed by atoms with Gasteiger partial charge in [-0.05, 0) is 32.1 Å². The van der Waals surface area contributed by atoms with Crippen molar-refractivity contribution in [1.82, 2.24) is 0 Å². The van der Waals surface area contributed by atoms with Gasteiger partial charge in [-0.15, -0.1) is 11.6 Å². The summed E-state index contributed by atoms with van der Waals surface area (Å²) in [6, 6.07) is 0. The molecule has 0 aromatic heterocycles. The van der Waals surface area contributed by atoms with E-state index in [2.05, 4.69) is 19.1 Å². The summed E-state index contributed by atoms with van der Waals surface area (Å²) < 4.78 is 5.04. The van der Waals surface area contributed by atoms with Crippen molar-refractivity contribution >= 4 is 17.6 Å². The highest BCUT2D eigenvalue weighted by molar-refractivity contribution is 6.18. The molecule has 0 aliphatic heterocycles. The molecule has 0 fully saturated rings. The number of hydrogen-bond acceptors (Lipinski definition) is 3. The molecular weight excluding hydrogens is 336 g/mol. The van der Waals surface area contributed by atoms with Crippen LogP contribution < -0.4 is 0 Å². The van der Waals surface area contributed by atoms with E-state index < -0.39 is 6.10 Å². The Hall–Kier alpha value is -0.540. The maximum atomic E-state index is 11.5. The van der Waals surface area contributed by atoms with E-state index in [-0.39, 0.29) is 18.5 Å². The average molecular weight is 375 g/mol. The van der Waals surface area contributed by atoms with E-state index in [1.54, 1.807) is 0 Å². The van der Waals surface area contributed by atoms with E-state index in [0.717, 1.165) is 19.3 Å². The van der Waals surface area contributed by atoms with Crippen LogP contribution in [0.25, 0.3) is 0 Å². The van der Waals surface area contributed by atoms with E-state index >= 15 is 0 Å². The van der Waals surface area contributed by atoms with Crippen molar-refractivity contribution in [3.8, 4) is 0 Å². The molecule has 25 heavy (non-hydrogen) atoms.